The highest BCUT2D eigenvalue weighted by Gasteiger charge is 2.13. The smallest absolute Gasteiger partial charge is 0.242 e. The predicted molar refractivity (Wildman–Crippen MR) is 105 cm³/mol. The molecule has 0 aliphatic heterocycles. The van der Waals surface area contributed by atoms with Crippen LogP contribution in [-0.4, -0.2) is 49.5 Å². The van der Waals surface area contributed by atoms with E-state index in [1.807, 2.05) is 34.6 Å². The molecule has 0 radical (unpaired) electrons. The average molecular weight is 441 g/mol. The molecule has 0 spiro atoms. The van der Waals surface area contributed by atoms with Gasteiger partial charge in [0.2, 0.25) is 11.8 Å². The minimum atomic E-state index is -0.268. The standard InChI is InChI=1S/C15H31N5O2.HI/c1-6-9-17-12(21)8-10-18-14(16-7-2)19-11-13(22)20-15(3,4)5;/h6-11H2,1-5H3,(H,17,21)(H,20,22)(H2,16,18,19);1H. The molecule has 0 aromatic carbocycles. The van der Waals surface area contributed by atoms with Crippen LogP contribution in [0.15, 0.2) is 4.99 Å². The fourth-order valence-corrected chi connectivity index (χ4v) is 1.60. The number of aliphatic imine (C=N–C) groups is 1. The van der Waals surface area contributed by atoms with Gasteiger partial charge in [-0.15, -0.1) is 24.0 Å². The molecular weight excluding hydrogens is 409 g/mol. The van der Waals surface area contributed by atoms with Crippen LogP contribution < -0.4 is 21.3 Å². The Morgan fingerprint density at radius 1 is 0.957 bits per heavy atom. The third kappa shape index (κ3) is 15.6. The number of carbonyl (C=O) groups excluding carboxylic acids is 2. The Morgan fingerprint density at radius 3 is 2.13 bits per heavy atom. The zero-order chi connectivity index (χ0) is 17.0. The Labute approximate surface area is 156 Å². The van der Waals surface area contributed by atoms with Gasteiger partial charge in [0, 0.05) is 31.6 Å². The van der Waals surface area contributed by atoms with Gasteiger partial charge in [0.1, 0.15) is 6.54 Å². The Bertz CT molecular complexity index is 381. The number of carbonyl (C=O) groups is 2. The summed E-state index contributed by atoms with van der Waals surface area (Å²) in [5.74, 6) is 0.413. The van der Waals surface area contributed by atoms with Crippen LogP contribution in [0.1, 0.15) is 47.5 Å². The van der Waals surface area contributed by atoms with Gasteiger partial charge < -0.3 is 21.3 Å². The van der Waals surface area contributed by atoms with Crippen molar-refractivity contribution in [3.8, 4) is 0 Å². The Kier molecular flexibility index (Phi) is 14.1. The van der Waals surface area contributed by atoms with Gasteiger partial charge in [-0.2, -0.15) is 0 Å². The summed E-state index contributed by atoms with van der Waals surface area (Å²) in [5, 5.41) is 11.7. The summed E-state index contributed by atoms with van der Waals surface area (Å²) < 4.78 is 0. The molecule has 0 fully saturated rings. The predicted octanol–water partition coefficient (Wildman–Crippen LogP) is 0.991. The van der Waals surface area contributed by atoms with Crippen LogP contribution in [0, 0.1) is 0 Å². The van der Waals surface area contributed by atoms with Crippen molar-refractivity contribution in [1.29, 1.82) is 0 Å². The first-order valence-corrected chi connectivity index (χ1v) is 7.88. The first-order chi connectivity index (χ1) is 10.3. The van der Waals surface area contributed by atoms with Crippen molar-refractivity contribution in [3.05, 3.63) is 0 Å². The van der Waals surface area contributed by atoms with E-state index in [1.165, 1.54) is 0 Å². The van der Waals surface area contributed by atoms with Gasteiger partial charge in [-0.1, -0.05) is 6.92 Å². The highest BCUT2D eigenvalue weighted by Crippen LogP contribution is 1.97. The van der Waals surface area contributed by atoms with Crippen LogP contribution >= 0.6 is 24.0 Å². The highest BCUT2D eigenvalue weighted by atomic mass is 127. The van der Waals surface area contributed by atoms with Gasteiger partial charge in [0.15, 0.2) is 5.96 Å². The second-order valence-corrected chi connectivity index (χ2v) is 6.02. The molecule has 8 heteroatoms. The SMILES string of the molecule is CCCNC(=O)CCNC(=NCC(=O)NC(C)(C)C)NCC.I. The lowest BCUT2D eigenvalue weighted by molar-refractivity contribution is -0.121. The van der Waals surface area contributed by atoms with Crippen molar-refractivity contribution in [1.82, 2.24) is 21.3 Å². The van der Waals surface area contributed by atoms with Gasteiger partial charge in [-0.25, -0.2) is 4.99 Å². The highest BCUT2D eigenvalue weighted by molar-refractivity contribution is 14.0. The van der Waals surface area contributed by atoms with E-state index in [9.17, 15) is 9.59 Å². The van der Waals surface area contributed by atoms with Crippen molar-refractivity contribution in [3.63, 3.8) is 0 Å². The molecule has 0 atom stereocenters. The largest absolute Gasteiger partial charge is 0.357 e. The molecule has 0 rings (SSSR count). The van der Waals surface area contributed by atoms with Gasteiger partial charge >= 0.3 is 0 Å². The number of guanidine groups is 1. The molecule has 4 N–H and O–H groups in total. The molecule has 7 nitrogen and oxygen atoms in total. The number of halogens is 1. The lowest BCUT2D eigenvalue weighted by Crippen LogP contribution is -2.43. The molecule has 0 bridgehead atoms. The lowest BCUT2D eigenvalue weighted by Gasteiger charge is -2.20. The quantitative estimate of drug-likeness (QED) is 0.257. The number of nitrogens with one attached hydrogen (secondary N) is 4. The van der Waals surface area contributed by atoms with E-state index >= 15 is 0 Å². The minimum Gasteiger partial charge on any atom is -0.357 e. The first-order valence-electron chi connectivity index (χ1n) is 7.88. The summed E-state index contributed by atoms with van der Waals surface area (Å²) in [6.07, 6.45) is 1.30. The molecule has 0 unspecified atom stereocenters. The summed E-state index contributed by atoms with van der Waals surface area (Å²) in [4.78, 5) is 27.4. The van der Waals surface area contributed by atoms with Gasteiger partial charge in [-0.3, -0.25) is 9.59 Å². The molecule has 0 heterocycles. The van der Waals surface area contributed by atoms with Crippen LogP contribution in [0.5, 0.6) is 0 Å². The number of hydrogen-bond donors (Lipinski definition) is 4. The Hall–Kier alpha value is -1.06. The van der Waals surface area contributed by atoms with Crippen molar-refractivity contribution >= 4 is 41.8 Å². The summed E-state index contributed by atoms with van der Waals surface area (Å²) in [7, 11) is 0. The number of nitrogens with zero attached hydrogens (tertiary/aromatic N) is 1. The molecule has 0 saturated heterocycles. The number of rotatable bonds is 8. The topological polar surface area (TPSA) is 94.6 Å². The number of hydrogen-bond acceptors (Lipinski definition) is 3. The van der Waals surface area contributed by atoms with E-state index < -0.39 is 0 Å². The van der Waals surface area contributed by atoms with E-state index in [0.717, 1.165) is 6.42 Å². The second-order valence-electron chi connectivity index (χ2n) is 6.02. The number of amides is 2. The maximum Gasteiger partial charge on any atom is 0.242 e. The Balaban J connectivity index is 0. The van der Waals surface area contributed by atoms with Gasteiger partial charge in [0.05, 0.1) is 0 Å². The van der Waals surface area contributed by atoms with E-state index in [1.54, 1.807) is 0 Å². The van der Waals surface area contributed by atoms with E-state index in [4.69, 9.17) is 0 Å². The second kappa shape index (κ2) is 13.4. The molecule has 0 aromatic rings. The zero-order valence-corrected chi connectivity index (χ0v) is 17.2. The van der Waals surface area contributed by atoms with E-state index in [0.29, 0.717) is 32.0 Å². The molecule has 0 aromatic heterocycles. The summed E-state index contributed by atoms with van der Waals surface area (Å²) in [5.41, 5.74) is -0.268. The third-order valence-corrected chi connectivity index (χ3v) is 2.46. The molecule has 2 amide bonds. The molecule has 136 valence electrons. The van der Waals surface area contributed by atoms with Gasteiger partial charge in [0.25, 0.3) is 0 Å². The van der Waals surface area contributed by atoms with Crippen LogP contribution in [0.25, 0.3) is 0 Å². The molecule has 0 aliphatic carbocycles. The van der Waals surface area contributed by atoms with Crippen molar-refractivity contribution in [2.45, 2.75) is 53.0 Å². The monoisotopic (exact) mass is 441 g/mol. The Morgan fingerprint density at radius 2 is 1.61 bits per heavy atom. The minimum absolute atomic E-state index is 0. The van der Waals surface area contributed by atoms with Crippen molar-refractivity contribution in [2.24, 2.45) is 4.99 Å². The first kappa shape index (κ1) is 24.2. The normalized spacial score (nSPS) is 11.3. The summed E-state index contributed by atoms with van der Waals surface area (Å²) >= 11 is 0. The fraction of sp³-hybridized carbons (Fsp3) is 0.800. The van der Waals surface area contributed by atoms with E-state index in [2.05, 4.69) is 26.3 Å². The summed E-state index contributed by atoms with van der Waals surface area (Å²) in [6.45, 7) is 11.6. The van der Waals surface area contributed by atoms with Crippen LogP contribution in [0.2, 0.25) is 0 Å². The van der Waals surface area contributed by atoms with Crippen LogP contribution in [0.3, 0.4) is 0 Å². The third-order valence-electron chi connectivity index (χ3n) is 2.46. The van der Waals surface area contributed by atoms with Crippen molar-refractivity contribution in [2.75, 3.05) is 26.2 Å². The average Bonchev–Trinajstić information content (AvgIpc) is 2.40. The van der Waals surface area contributed by atoms with Crippen molar-refractivity contribution < 1.29 is 9.59 Å². The maximum atomic E-state index is 11.7. The fourth-order valence-electron chi connectivity index (χ4n) is 1.60. The zero-order valence-electron chi connectivity index (χ0n) is 14.9. The summed E-state index contributed by atoms with van der Waals surface area (Å²) in [6, 6.07) is 0. The lowest BCUT2D eigenvalue weighted by atomic mass is 10.1. The van der Waals surface area contributed by atoms with Crippen LogP contribution in [-0.2, 0) is 9.59 Å². The molecular formula is C15H32IN5O2. The molecule has 0 aliphatic rings. The maximum absolute atomic E-state index is 11.7. The molecule has 0 saturated carbocycles. The molecule has 23 heavy (non-hydrogen) atoms. The van der Waals surface area contributed by atoms with Gasteiger partial charge in [-0.05, 0) is 34.1 Å². The van der Waals surface area contributed by atoms with Crippen LogP contribution in [0.4, 0.5) is 0 Å². The van der Waals surface area contributed by atoms with E-state index in [-0.39, 0.29) is 47.9 Å².